The predicted molar refractivity (Wildman–Crippen MR) is 143 cm³/mol. The fourth-order valence-electron chi connectivity index (χ4n) is 4.81. The second-order valence-corrected chi connectivity index (χ2v) is 14.2. The first-order valence-corrected chi connectivity index (χ1v) is 14.5. The fourth-order valence-corrected chi connectivity index (χ4v) is 4.81. The Morgan fingerprint density at radius 1 is 0.377 bits per heavy atom. The van der Waals surface area contributed by atoms with Crippen LogP contribution in [0.4, 0.5) is 87.8 Å². The maximum Gasteiger partial charge on any atom is 0.495 e. The van der Waals surface area contributed by atoms with Crippen molar-refractivity contribution in [2.75, 3.05) is 0 Å². The molecule has 0 saturated carbocycles. The third-order valence-electron chi connectivity index (χ3n) is 9.60. The SMILES string of the molecule is CC1(C)OB(c2cc(C(F)(F)C(F)(F)C(F)(F)C(F)(F)C(F)(F)C(F)(F)C(F)(F)C(F)(F)F)c(B3OC(C)(C)C(C)(C)O3)cc2C(F)(F)F)OC1(C)C. The zero-order valence-electron chi connectivity index (χ0n) is 28.0. The van der Waals surface area contributed by atoms with Gasteiger partial charge in [0, 0.05) is 5.56 Å². The van der Waals surface area contributed by atoms with E-state index in [1.54, 1.807) is 0 Å². The van der Waals surface area contributed by atoms with E-state index in [-0.39, 0.29) is 0 Å². The van der Waals surface area contributed by atoms with Crippen LogP contribution in [0.25, 0.3) is 0 Å². The van der Waals surface area contributed by atoms with Crippen molar-refractivity contribution < 1.29 is 106 Å². The van der Waals surface area contributed by atoms with Gasteiger partial charge in [-0.15, -0.1) is 0 Å². The first-order chi connectivity index (χ1) is 22.8. The molecule has 4 nitrogen and oxygen atoms in total. The second-order valence-electron chi connectivity index (χ2n) is 14.2. The first kappa shape index (κ1) is 45.2. The summed E-state index contributed by atoms with van der Waals surface area (Å²) in [5.74, 6) is -59.2. The lowest BCUT2D eigenvalue weighted by Crippen LogP contribution is -2.74. The van der Waals surface area contributed by atoms with Gasteiger partial charge < -0.3 is 18.6 Å². The Morgan fingerprint density at radius 2 is 0.623 bits per heavy atom. The third kappa shape index (κ3) is 6.26. The largest absolute Gasteiger partial charge is 0.495 e. The zero-order valence-corrected chi connectivity index (χ0v) is 28.0. The van der Waals surface area contributed by atoms with E-state index in [1.165, 1.54) is 0 Å². The quantitative estimate of drug-likeness (QED) is 0.185. The number of rotatable bonds is 9. The molecule has 0 bridgehead atoms. The molecule has 0 radical (unpaired) electrons. The molecule has 3 rings (SSSR count). The van der Waals surface area contributed by atoms with Crippen LogP contribution in [-0.4, -0.2) is 78.4 Å². The summed E-state index contributed by atoms with van der Waals surface area (Å²) < 4.78 is 306. The summed E-state index contributed by atoms with van der Waals surface area (Å²) in [4.78, 5) is 0. The average Bonchev–Trinajstić information content (AvgIpc) is 3.29. The van der Waals surface area contributed by atoms with Crippen molar-refractivity contribution in [3.8, 4) is 0 Å². The van der Waals surface area contributed by atoms with Gasteiger partial charge >= 0.3 is 68.0 Å². The Kier molecular flexibility index (Phi) is 10.1. The van der Waals surface area contributed by atoms with E-state index in [4.69, 9.17) is 18.6 Å². The number of benzene rings is 1. The molecular weight excluding hydrogens is 790 g/mol. The molecule has 2 aliphatic heterocycles. The van der Waals surface area contributed by atoms with Crippen molar-refractivity contribution in [1.82, 2.24) is 0 Å². The molecule has 2 heterocycles. The monoisotopic (exact) mass is 816 g/mol. The van der Waals surface area contributed by atoms with Crippen LogP contribution in [0.2, 0.25) is 0 Å². The smallest absolute Gasteiger partial charge is 0.399 e. The van der Waals surface area contributed by atoms with Gasteiger partial charge in [0.2, 0.25) is 0 Å². The highest BCUT2D eigenvalue weighted by Gasteiger charge is 2.95. The molecule has 53 heavy (non-hydrogen) atoms. The van der Waals surface area contributed by atoms with Gasteiger partial charge in [-0.1, -0.05) is 12.1 Å². The van der Waals surface area contributed by atoms with Gasteiger partial charge in [0.25, 0.3) is 0 Å². The van der Waals surface area contributed by atoms with Crippen LogP contribution < -0.4 is 10.9 Å². The molecule has 0 aliphatic carbocycles. The van der Waals surface area contributed by atoms with Gasteiger partial charge in [-0.25, -0.2) is 0 Å². The molecular formula is C27H26B2F20O4. The number of alkyl halides is 20. The van der Waals surface area contributed by atoms with E-state index < -0.39 is 125 Å². The molecule has 304 valence electrons. The van der Waals surface area contributed by atoms with Crippen molar-refractivity contribution in [3.63, 3.8) is 0 Å². The molecule has 0 atom stereocenters. The van der Waals surface area contributed by atoms with Crippen LogP contribution in [-0.2, 0) is 30.7 Å². The van der Waals surface area contributed by atoms with Crippen LogP contribution in [0.3, 0.4) is 0 Å². The third-order valence-corrected chi connectivity index (χ3v) is 9.60. The highest BCUT2D eigenvalue weighted by molar-refractivity contribution is 6.65. The van der Waals surface area contributed by atoms with Gasteiger partial charge in [-0.05, 0) is 66.3 Å². The minimum atomic E-state index is -8.92. The van der Waals surface area contributed by atoms with E-state index in [2.05, 4.69) is 0 Å². The van der Waals surface area contributed by atoms with Gasteiger partial charge in [0.05, 0.1) is 28.0 Å². The van der Waals surface area contributed by atoms with Crippen LogP contribution in [0.15, 0.2) is 12.1 Å². The predicted octanol–water partition coefficient (Wildman–Crippen LogP) is 8.77. The van der Waals surface area contributed by atoms with Gasteiger partial charge in [0.15, 0.2) is 0 Å². The van der Waals surface area contributed by atoms with Crippen LogP contribution in [0.5, 0.6) is 0 Å². The lowest BCUT2D eigenvalue weighted by atomic mass is 9.67. The summed E-state index contributed by atoms with van der Waals surface area (Å²) in [6.07, 6.45) is -13.7. The Morgan fingerprint density at radius 3 is 0.906 bits per heavy atom. The van der Waals surface area contributed by atoms with Crippen molar-refractivity contribution in [3.05, 3.63) is 23.3 Å². The molecule has 2 aliphatic rings. The summed E-state index contributed by atoms with van der Waals surface area (Å²) >= 11 is 0. The fraction of sp³-hybridized carbons (Fsp3) is 0.778. The summed E-state index contributed by atoms with van der Waals surface area (Å²) in [7, 11) is -5.29. The van der Waals surface area contributed by atoms with Crippen LogP contribution >= 0.6 is 0 Å². The van der Waals surface area contributed by atoms with Crippen LogP contribution in [0, 0.1) is 0 Å². The molecule has 0 aromatic heterocycles. The maximum absolute atomic E-state index is 16.0. The topological polar surface area (TPSA) is 36.9 Å². The van der Waals surface area contributed by atoms with Crippen molar-refractivity contribution in [1.29, 1.82) is 0 Å². The highest BCUT2D eigenvalue weighted by Crippen LogP contribution is 2.65. The lowest BCUT2D eigenvalue weighted by Gasteiger charge is -2.43. The second kappa shape index (κ2) is 11.9. The molecule has 0 amide bonds. The minimum absolute atomic E-state index is 0.481. The average molecular weight is 816 g/mol. The Hall–Kier alpha value is -2.21. The molecule has 2 saturated heterocycles. The Balaban J connectivity index is 2.43. The molecule has 26 heteroatoms. The van der Waals surface area contributed by atoms with Gasteiger partial charge in [-0.2, -0.15) is 87.8 Å². The first-order valence-electron chi connectivity index (χ1n) is 14.5. The highest BCUT2D eigenvalue weighted by atomic mass is 19.4. The maximum atomic E-state index is 16.0. The number of hydrogen-bond donors (Lipinski definition) is 0. The molecule has 0 spiro atoms. The van der Waals surface area contributed by atoms with E-state index >= 15 is 17.6 Å². The Labute approximate surface area is 287 Å². The summed E-state index contributed by atoms with van der Waals surface area (Å²) in [5.41, 5.74) is -15.8. The van der Waals surface area contributed by atoms with Crippen molar-refractivity contribution >= 4 is 25.2 Å². The number of halogens is 20. The van der Waals surface area contributed by atoms with Crippen molar-refractivity contribution in [2.24, 2.45) is 0 Å². The van der Waals surface area contributed by atoms with E-state index in [0.717, 1.165) is 55.4 Å². The molecule has 1 aromatic carbocycles. The molecule has 0 N–H and O–H groups in total. The number of hydrogen-bond acceptors (Lipinski definition) is 4. The van der Waals surface area contributed by atoms with E-state index in [9.17, 15) is 70.2 Å². The normalized spacial score (nSPS) is 21.8. The van der Waals surface area contributed by atoms with E-state index in [1.807, 2.05) is 0 Å². The molecule has 1 aromatic rings. The van der Waals surface area contributed by atoms with Crippen molar-refractivity contribution in [2.45, 2.75) is 132 Å². The van der Waals surface area contributed by atoms with E-state index in [0.29, 0.717) is 0 Å². The van der Waals surface area contributed by atoms with Gasteiger partial charge in [-0.3, -0.25) is 0 Å². The summed E-state index contributed by atoms with van der Waals surface area (Å²) in [5, 5.41) is 0. The standard InChI is InChI=1S/C27H26B2F20O4/c1-15(2)16(3,4)51-28(50-15)13-10-12(20(32,33)34)14(29-52-17(5,6)18(7,8)53-29)9-11(13)19(30,31)21(35,36)22(37,38)23(39,40)24(41,42)25(43,44)26(45,46)27(47,48)49/h9-10H,1-8H3. The lowest BCUT2D eigenvalue weighted by molar-refractivity contribution is -0.462. The summed E-state index contributed by atoms with van der Waals surface area (Å²) in [6.45, 7) is 8.94. The van der Waals surface area contributed by atoms with Crippen LogP contribution in [0.1, 0.15) is 66.5 Å². The summed E-state index contributed by atoms with van der Waals surface area (Å²) in [6, 6.07) is -1.19. The minimum Gasteiger partial charge on any atom is -0.399 e. The molecule has 0 unspecified atom stereocenters. The molecule has 2 fully saturated rings. The zero-order chi connectivity index (χ0) is 42.2. The Bertz CT molecular complexity index is 1550. The van der Waals surface area contributed by atoms with Gasteiger partial charge in [0.1, 0.15) is 0 Å².